The van der Waals surface area contributed by atoms with Gasteiger partial charge >= 0.3 is 11.9 Å². The second-order valence-corrected chi connectivity index (χ2v) is 5.13. The first-order chi connectivity index (χ1) is 12.2. The monoisotopic (exact) mass is 346 g/mol. The van der Waals surface area contributed by atoms with E-state index in [-0.39, 0.29) is 26.3 Å². The number of carbonyl (C=O) groups excluding carboxylic acids is 2. The van der Waals surface area contributed by atoms with Gasteiger partial charge in [-0.1, -0.05) is 30.3 Å². The molecule has 25 heavy (non-hydrogen) atoms. The minimum Gasteiger partial charge on any atom is -0.465 e. The largest absolute Gasteiger partial charge is 0.465 e. The molecule has 0 aliphatic carbocycles. The lowest BCUT2D eigenvalue weighted by molar-refractivity contribution is -0.155. The van der Waals surface area contributed by atoms with Crippen LogP contribution >= 0.6 is 0 Å². The summed E-state index contributed by atoms with van der Waals surface area (Å²) in [5.41, 5.74) is 0.905. The molecule has 1 aliphatic rings. The summed E-state index contributed by atoms with van der Waals surface area (Å²) in [7, 11) is 0. The molecule has 2 rings (SSSR count). The fourth-order valence-corrected chi connectivity index (χ4v) is 2.35. The van der Waals surface area contributed by atoms with Crippen LogP contribution in [0.25, 0.3) is 0 Å². The van der Waals surface area contributed by atoms with Crippen LogP contribution in [0.15, 0.2) is 40.3 Å². The molecular formula is C17H22N4O4. The van der Waals surface area contributed by atoms with Crippen LogP contribution in [0.5, 0.6) is 0 Å². The number of esters is 2. The minimum atomic E-state index is -0.443. The zero-order chi connectivity index (χ0) is 18.1. The summed E-state index contributed by atoms with van der Waals surface area (Å²) in [4.78, 5) is 32.3. The van der Waals surface area contributed by atoms with E-state index in [0.717, 1.165) is 5.56 Å². The van der Waals surface area contributed by atoms with E-state index in [0.29, 0.717) is 0 Å². The number of hydrazine groups is 1. The average molecular weight is 346 g/mol. The van der Waals surface area contributed by atoms with Gasteiger partial charge in [-0.2, -0.15) is 5.01 Å². The van der Waals surface area contributed by atoms with Crippen molar-refractivity contribution >= 4 is 24.6 Å². The maximum Gasteiger partial charge on any atom is 0.322 e. The summed E-state index contributed by atoms with van der Waals surface area (Å²) in [6.45, 7) is 3.76. The van der Waals surface area contributed by atoms with Crippen molar-refractivity contribution in [3.63, 3.8) is 0 Å². The van der Waals surface area contributed by atoms with Gasteiger partial charge in [-0.3, -0.25) is 14.6 Å². The van der Waals surface area contributed by atoms with E-state index >= 15 is 0 Å². The molecule has 1 heterocycles. The average Bonchev–Trinajstić information content (AvgIpc) is 2.62. The first-order valence-corrected chi connectivity index (χ1v) is 8.10. The van der Waals surface area contributed by atoms with Crippen molar-refractivity contribution in [2.24, 2.45) is 9.98 Å². The van der Waals surface area contributed by atoms with Crippen molar-refractivity contribution in [2.45, 2.75) is 20.0 Å². The third-order valence-corrected chi connectivity index (χ3v) is 3.37. The van der Waals surface area contributed by atoms with E-state index in [4.69, 9.17) is 9.47 Å². The van der Waals surface area contributed by atoms with Crippen LogP contribution in [0.2, 0.25) is 0 Å². The van der Waals surface area contributed by atoms with Gasteiger partial charge in [-0.25, -0.2) is 9.98 Å². The molecular weight excluding hydrogens is 324 g/mol. The summed E-state index contributed by atoms with van der Waals surface area (Å²) in [6, 6.07) is 9.54. The van der Waals surface area contributed by atoms with Crippen molar-refractivity contribution in [3.05, 3.63) is 35.9 Å². The number of ether oxygens (including phenoxy) is 2. The lowest BCUT2D eigenvalue weighted by atomic mass is 10.1. The van der Waals surface area contributed by atoms with Crippen molar-refractivity contribution < 1.29 is 19.1 Å². The van der Waals surface area contributed by atoms with Gasteiger partial charge < -0.3 is 9.47 Å². The number of rotatable bonds is 8. The number of carbonyl (C=O) groups is 2. The van der Waals surface area contributed by atoms with Gasteiger partial charge in [0.2, 0.25) is 0 Å². The molecule has 0 spiro atoms. The maximum absolute atomic E-state index is 12.0. The Balaban J connectivity index is 2.22. The Morgan fingerprint density at radius 2 is 1.68 bits per heavy atom. The third kappa shape index (κ3) is 5.39. The van der Waals surface area contributed by atoms with Gasteiger partial charge in [-0.15, -0.1) is 0 Å². The molecule has 1 aliphatic heterocycles. The van der Waals surface area contributed by atoms with Gasteiger partial charge in [0.1, 0.15) is 25.8 Å². The minimum absolute atomic E-state index is 0.114. The first kappa shape index (κ1) is 18.6. The Hall–Kier alpha value is -2.74. The first-order valence-electron chi connectivity index (χ1n) is 8.10. The van der Waals surface area contributed by atoms with Crippen LogP contribution in [-0.2, 0) is 19.1 Å². The van der Waals surface area contributed by atoms with Gasteiger partial charge in [0.15, 0.2) is 6.17 Å². The van der Waals surface area contributed by atoms with Crippen LogP contribution in [0.1, 0.15) is 25.6 Å². The molecule has 1 unspecified atom stereocenters. The van der Waals surface area contributed by atoms with Crippen molar-refractivity contribution in [1.29, 1.82) is 0 Å². The highest BCUT2D eigenvalue weighted by Crippen LogP contribution is 2.24. The highest BCUT2D eigenvalue weighted by Gasteiger charge is 2.28. The van der Waals surface area contributed by atoms with Gasteiger partial charge in [-0.05, 0) is 19.4 Å². The molecule has 1 aromatic rings. The fraction of sp³-hybridized carbons (Fsp3) is 0.412. The summed E-state index contributed by atoms with van der Waals surface area (Å²) in [5.74, 6) is -0.886. The zero-order valence-electron chi connectivity index (χ0n) is 14.4. The Morgan fingerprint density at radius 3 is 2.24 bits per heavy atom. The van der Waals surface area contributed by atoms with E-state index in [2.05, 4.69) is 9.98 Å². The van der Waals surface area contributed by atoms with Crippen LogP contribution in [0.4, 0.5) is 0 Å². The molecule has 0 aromatic heterocycles. The van der Waals surface area contributed by atoms with Crippen LogP contribution in [0, 0.1) is 0 Å². The smallest absolute Gasteiger partial charge is 0.322 e. The fourth-order valence-electron chi connectivity index (χ4n) is 2.35. The molecule has 1 atom stereocenters. The van der Waals surface area contributed by atoms with E-state index in [1.165, 1.54) is 17.7 Å². The van der Waals surface area contributed by atoms with E-state index in [9.17, 15) is 9.59 Å². The van der Waals surface area contributed by atoms with Crippen LogP contribution in [-0.4, -0.2) is 60.9 Å². The quantitative estimate of drug-likeness (QED) is 0.662. The Morgan fingerprint density at radius 1 is 1.08 bits per heavy atom. The molecule has 0 bridgehead atoms. The molecule has 0 saturated carbocycles. The lowest BCUT2D eigenvalue weighted by Crippen LogP contribution is -2.49. The Labute approximate surface area is 146 Å². The van der Waals surface area contributed by atoms with E-state index < -0.39 is 18.1 Å². The standard InChI is InChI=1S/C17H22N4O4/c1-3-24-15(22)10-20(11-16(23)25-4-2)21-13-18-12-19-17(21)14-8-6-5-7-9-14/h5-9,12-13,17H,3-4,10-11H2,1-2H3. The molecule has 0 radical (unpaired) electrons. The molecule has 0 amide bonds. The predicted molar refractivity (Wildman–Crippen MR) is 92.8 cm³/mol. The van der Waals surface area contributed by atoms with E-state index in [1.807, 2.05) is 30.3 Å². The zero-order valence-corrected chi connectivity index (χ0v) is 14.4. The van der Waals surface area contributed by atoms with Crippen LogP contribution in [0.3, 0.4) is 0 Å². The number of aliphatic imine (C=N–C) groups is 2. The Bertz CT molecular complexity index is 613. The van der Waals surface area contributed by atoms with E-state index in [1.54, 1.807) is 18.9 Å². The van der Waals surface area contributed by atoms with Gasteiger partial charge in [0, 0.05) is 0 Å². The van der Waals surface area contributed by atoms with Crippen molar-refractivity contribution in [2.75, 3.05) is 26.3 Å². The molecule has 0 N–H and O–H groups in total. The Kier molecular flexibility index (Phi) is 7.09. The second-order valence-electron chi connectivity index (χ2n) is 5.13. The highest BCUT2D eigenvalue weighted by molar-refractivity contribution is 5.77. The molecule has 134 valence electrons. The summed E-state index contributed by atoms with van der Waals surface area (Å²) in [6.07, 6.45) is 2.55. The molecule has 8 nitrogen and oxygen atoms in total. The topological polar surface area (TPSA) is 83.8 Å². The molecule has 0 saturated heterocycles. The van der Waals surface area contributed by atoms with Gasteiger partial charge in [0.05, 0.1) is 13.2 Å². The summed E-state index contributed by atoms with van der Waals surface area (Å²) in [5, 5.41) is 3.16. The number of benzene rings is 1. The number of hydrogen-bond donors (Lipinski definition) is 0. The lowest BCUT2D eigenvalue weighted by Gasteiger charge is -2.37. The number of hydrogen-bond acceptors (Lipinski definition) is 8. The van der Waals surface area contributed by atoms with Crippen molar-refractivity contribution in [1.82, 2.24) is 10.0 Å². The van der Waals surface area contributed by atoms with Crippen LogP contribution < -0.4 is 0 Å². The molecule has 1 aromatic carbocycles. The van der Waals surface area contributed by atoms with Gasteiger partial charge in [0.25, 0.3) is 0 Å². The highest BCUT2D eigenvalue weighted by atomic mass is 16.5. The summed E-state index contributed by atoms with van der Waals surface area (Å²) < 4.78 is 10.0. The maximum atomic E-state index is 12.0. The second kappa shape index (κ2) is 9.53. The predicted octanol–water partition coefficient (Wildman–Crippen LogP) is 1.40. The molecule has 8 heteroatoms. The number of nitrogens with zero attached hydrogens (tertiary/aromatic N) is 4. The summed E-state index contributed by atoms with van der Waals surface area (Å²) >= 11 is 0. The SMILES string of the molecule is CCOC(=O)CN(CC(=O)OCC)N1C=NC=NC1c1ccccc1. The third-order valence-electron chi connectivity index (χ3n) is 3.37. The van der Waals surface area contributed by atoms with Crippen molar-refractivity contribution in [3.8, 4) is 0 Å². The molecule has 0 fully saturated rings. The normalized spacial score (nSPS) is 16.1.